The SMILES string of the molecule is COc1ccc(OC)c(CN(C)[C@H]2CCCC[C@@H]2N(C)Cc2cc(OC)ccc2OC)c1. The molecule has 6 nitrogen and oxygen atoms in total. The van der Waals surface area contributed by atoms with Gasteiger partial charge in [-0.05, 0) is 63.3 Å². The fraction of sp³-hybridized carbons (Fsp3) is 0.538. The molecule has 0 saturated heterocycles. The molecule has 1 aliphatic carbocycles. The Labute approximate surface area is 193 Å². The average molecular weight is 443 g/mol. The van der Waals surface area contributed by atoms with E-state index in [1.54, 1.807) is 28.4 Å². The van der Waals surface area contributed by atoms with E-state index in [0.717, 1.165) is 47.2 Å². The summed E-state index contributed by atoms with van der Waals surface area (Å²) >= 11 is 0. The lowest BCUT2D eigenvalue weighted by molar-refractivity contribution is 0.0684. The number of methoxy groups -OCH3 is 4. The second kappa shape index (κ2) is 11.4. The van der Waals surface area contributed by atoms with Crippen molar-refractivity contribution >= 4 is 0 Å². The number of ether oxygens (including phenoxy) is 4. The van der Waals surface area contributed by atoms with Crippen LogP contribution in [0.1, 0.15) is 36.8 Å². The first-order chi connectivity index (χ1) is 15.5. The normalized spacial score (nSPS) is 18.6. The van der Waals surface area contributed by atoms with Gasteiger partial charge in [0.1, 0.15) is 23.0 Å². The number of nitrogens with zero attached hydrogens (tertiary/aromatic N) is 2. The molecule has 2 aromatic carbocycles. The van der Waals surface area contributed by atoms with Gasteiger partial charge in [0.25, 0.3) is 0 Å². The molecule has 0 radical (unpaired) electrons. The van der Waals surface area contributed by atoms with Crippen molar-refractivity contribution in [1.82, 2.24) is 9.80 Å². The Bertz CT molecular complexity index is 801. The van der Waals surface area contributed by atoms with E-state index in [1.165, 1.54) is 25.7 Å². The van der Waals surface area contributed by atoms with Gasteiger partial charge in [0, 0.05) is 36.3 Å². The summed E-state index contributed by atoms with van der Waals surface area (Å²) < 4.78 is 22.1. The molecule has 176 valence electrons. The zero-order valence-electron chi connectivity index (χ0n) is 20.4. The molecule has 0 bridgehead atoms. The van der Waals surface area contributed by atoms with Crippen LogP contribution in [-0.2, 0) is 13.1 Å². The minimum absolute atomic E-state index is 0.459. The maximum Gasteiger partial charge on any atom is 0.123 e. The topological polar surface area (TPSA) is 43.4 Å². The van der Waals surface area contributed by atoms with Crippen LogP contribution < -0.4 is 18.9 Å². The van der Waals surface area contributed by atoms with E-state index >= 15 is 0 Å². The Morgan fingerprint density at radius 1 is 0.656 bits per heavy atom. The Balaban J connectivity index is 1.77. The highest BCUT2D eigenvalue weighted by Crippen LogP contribution is 2.32. The standard InChI is InChI=1S/C26H38N2O4/c1-27(17-19-15-21(29-3)11-13-25(19)31-5)23-9-7-8-10-24(23)28(2)18-20-16-22(30-4)12-14-26(20)32-6/h11-16,23-24H,7-10,17-18H2,1-6H3/t23-,24-/m0/s1. The van der Waals surface area contributed by atoms with Gasteiger partial charge >= 0.3 is 0 Å². The molecule has 0 heterocycles. The Hall–Kier alpha value is -2.44. The van der Waals surface area contributed by atoms with Crippen molar-refractivity contribution in [3.05, 3.63) is 47.5 Å². The first-order valence-electron chi connectivity index (χ1n) is 11.3. The number of hydrogen-bond acceptors (Lipinski definition) is 6. The summed E-state index contributed by atoms with van der Waals surface area (Å²) in [7, 11) is 11.3. The molecule has 0 N–H and O–H groups in total. The minimum atomic E-state index is 0.459. The molecule has 1 aliphatic rings. The zero-order valence-corrected chi connectivity index (χ0v) is 20.4. The van der Waals surface area contributed by atoms with Crippen LogP contribution in [-0.4, -0.2) is 64.4 Å². The van der Waals surface area contributed by atoms with Crippen LogP contribution in [0.25, 0.3) is 0 Å². The summed E-state index contributed by atoms with van der Waals surface area (Å²) in [6, 6.07) is 12.9. The largest absolute Gasteiger partial charge is 0.497 e. The molecule has 0 amide bonds. The highest BCUT2D eigenvalue weighted by molar-refractivity contribution is 5.41. The van der Waals surface area contributed by atoms with Gasteiger partial charge in [-0.3, -0.25) is 9.80 Å². The molecule has 2 atom stereocenters. The maximum absolute atomic E-state index is 5.62. The third kappa shape index (κ3) is 5.67. The summed E-state index contributed by atoms with van der Waals surface area (Å²) in [5, 5.41) is 0. The lowest BCUT2D eigenvalue weighted by Gasteiger charge is -2.43. The molecule has 1 saturated carbocycles. The summed E-state index contributed by atoms with van der Waals surface area (Å²) in [5.41, 5.74) is 2.30. The van der Waals surface area contributed by atoms with Gasteiger partial charge < -0.3 is 18.9 Å². The minimum Gasteiger partial charge on any atom is -0.497 e. The first-order valence-corrected chi connectivity index (χ1v) is 11.3. The molecular formula is C26H38N2O4. The van der Waals surface area contributed by atoms with Crippen molar-refractivity contribution in [2.24, 2.45) is 0 Å². The van der Waals surface area contributed by atoms with Crippen molar-refractivity contribution < 1.29 is 18.9 Å². The number of benzene rings is 2. The highest BCUT2D eigenvalue weighted by atomic mass is 16.5. The van der Waals surface area contributed by atoms with Crippen molar-refractivity contribution in [2.75, 3.05) is 42.5 Å². The predicted molar refractivity (Wildman–Crippen MR) is 128 cm³/mol. The van der Waals surface area contributed by atoms with Gasteiger partial charge in [-0.25, -0.2) is 0 Å². The number of rotatable bonds is 10. The predicted octanol–water partition coefficient (Wildman–Crippen LogP) is 4.60. The van der Waals surface area contributed by atoms with Gasteiger partial charge in [0.15, 0.2) is 0 Å². The summed E-state index contributed by atoms with van der Waals surface area (Å²) in [5.74, 6) is 3.52. The van der Waals surface area contributed by atoms with Crippen molar-refractivity contribution in [1.29, 1.82) is 0 Å². The first kappa shape index (κ1) is 24.2. The van der Waals surface area contributed by atoms with Gasteiger partial charge in [-0.15, -0.1) is 0 Å². The van der Waals surface area contributed by atoms with Crippen molar-refractivity contribution in [3.8, 4) is 23.0 Å². The molecule has 6 heteroatoms. The van der Waals surface area contributed by atoms with Crippen LogP contribution >= 0.6 is 0 Å². The second-order valence-corrected chi connectivity index (χ2v) is 8.60. The van der Waals surface area contributed by atoms with E-state index in [2.05, 4.69) is 36.0 Å². The molecule has 0 aromatic heterocycles. The fourth-order valence-electron chi connectivity index (χ4n) is 4.90. The van der Waals surface area contributed by atoms with Crippen LogP contribution in [0.3, 0.4) is 0 Å². The van der Waals surface area contributed by atoms with Gasteiger partial charge in [-0.2, -0.15) is 0 Å². The lowest BCUT2D eigenvalue weighted by Crippen LogP contribution is -2.50. The van der Waals surface area contributed by atoms with Crippen LogP contribution in [0.2, 0.25) is 0 Å². The maximum atomic E-state index is 5.62. The monoisotopic (exact) mass is 442 g/mol. The van der Waals surface area contributed by atoms with E-state index in [1.807, 2.05) is 24.3 Å². The van der Waals surface area contributed by atoms with E-state index in [0.29, 0.717) is 12.1 Å². The molecule has 32 heavy (non-hydrogen) atoms. The zero-order chi connectivity index (χ0) is 23.1. The van der Waals surface area contributed by atoms with E-state index in [4.69, 9.17) is 18.9 Å². The molecule has 0 unspecified atom stereocenters. The second-order valence-electron chi connectivity index (χ2n) is 8.60. The molecule has 2 aromatic rings. The van der Waals surface area contributed by atoms with Crippen molar-refractivity contribution in [2.45, 2.75) is 50.9 Å². The molecular weight excluding hydrogens is 404 g/mol. The van der Waals surface area contributed by atoms with E-state index in [9.17, 15) is 0 Å². The highest BCUT2D eigenvalue weighted by Gasteiger charge is 2.32. The van der Waals surface area contributed by atoms with Gasteiger partial charge in [-0.1, -0.05) is 12.8 Å². The van der Waals surface area contributed by atoms with Crippen LogP contribution in [0, 0.1) is 0 Å². The number of hydrogen-bond donors (Lipinski definition) is 0. The summed E-state index contributed by atoms with van der Waals surface area (Å²) in [4.78, 5) is 4.95. The summed E-state index contributed by atoms with van der Waals surface area (Å²) in [6.45, 7) is 1.63. The van der Waals surface area contributed by atoms with E-state index < -0.39 is 0 Å². The van der Waals surface area contributed by atoms with Gasteiger partial charge in [0.2, 0.25) is 0 Å². The van der Waals surface area contributed by atoms with Crippen LogP contribution in [0.15, 0.2) is 36.4 Å². The van der Waals surface area contributed by atoms with Crippen LogP contribution in [0.5, 0.6) is 23.0 Å². The Morgan fingerprint density at radius 3 is 1.41 bits per heavy atom. The Morgan fingerprint density at radius 2 is 1.06 bits per heavy atom. The third-order valence-corrected chi connectivity index (χ3v) is 6.64. The van der Waals surface area contributed by atoms with Crippen LogP contribution in [0.4, 0.5) is 0 Å². The number of likely N-dealkylation sites (N-methyl/N-ethyl adjacent to an activating group) is 2. The average Bonchev–Trinajstić information content (AvgIpc) is 2.83. The van der Waals surface area contributed by atoms with E-state index in [-0.39, 0.29) is 0 Å². The smallest absolute Gasteiger partial charge is 0.123 e. The summed E-state index contributed by atoms with van der Waals surface area (Å²) in [6.07, 6.45) is 4.90. The lowest BCUT2D eigenvalue weighted by atomic mass is 9.88. The third-order valence-electron chi connectivity index (χ3n) is 6.64. The quantitative estimate of drug-likeness (QED) is 0.536. The molecule has 0 aliphatic heterocycles. The van der Waals surface area contributed by atoms with Gasteiger partial charge in [0.05, 0.1) is 28.4 Å². The van der Waals surface area contributed by atoms with Crippen molar-refractivity contribution in [3.63, 3.8) is 0 Å². The molecule has 0 spiro atoms. The Kier molecular flexibility index (Phi) is 8.65. The molecule has 3 rings (SSSR count). The fourth-order valence-corrected chi connectivity index (χ4v) is 4.90. The molecule has 1 fully saturated rings.